The molecule has 23 heavy (non-hydrogen) atoms. The molecule has 0 bridgehead atoms. The highest BCUT2D eigenvalue weighted by Gasteiger charge is 2.22. The van der Waals surface area contributed by atoms with Crippen molar-refractivity contribution in [2.75, 3.05) is 24.4 Å². The van der Waals surface area contributed by atoms with Crippen molar-refractivity contribution >= 4 is 32.9 Å². The Morgan fingerprint density at radius 2 is 2.35 bits per heavy atom. The molecule has 126 valence electrons. The van der Waals surface area contributed by atoms with Crippen LogP contribution in [-0.2, 0) is 21.1 Å². The van der Waals surface area contributed by atoms with E-state index in [4.69, 9.17) is 4.74 Å². The maximum Gasteiger partial charge on any atom is 0.191 e. The summed E-state index contributed by atoms with van der Waals surface area (Å²) >= 11 is 3.05. The lowest BCUT2D eigenvalue weighted by Gasteiger charge is -2.14. The van der Waals surface area contributed by atoms with Crippen molar-refractivity contribution in [3.05, 3.63) is 17.5 Å². The number of nitrogens with zero attached hydrogens (tertiary/aromatic N) is 3. The largest absolute Gasteiger partial charge is 0.376 e. The van der Waals surface area contributed by atoms with Crippen LogP contribution in [-0.4, -0.2) is 53.7 Å². The maximum absolute atomic E-state index is 11.3. The summed E-state index contributed by atoms with van der Waals surface area (Å²) in [7, 11) is -2.97. The zero-order valence-electron chi connectivity index (χ0n) is 12.8. The van der Waals surface area contributed by atoms with Gasteiger partial charge in [0.05, 0.1) is 23.3 Å². The summed E-state index contributed by atoms with van der Waals surface area (Å²) in [6.07, 6.45) is 3.55. The summed E-state index contributed by atoms with van der Waals surface area (Å²) in [6, 6.07) is 4.01. The average Bonchev–Trinajstić information content (AvgIpc) is 3.20. The summed E-state index contributed by atoms with van der Waals surface area (Å²) in [4.78, 5) is 1.06. The number of sulfone groups is 1. The Morgan fingerprint density at radius 3 is 3.00 bits per heavy atom. The molecule has 1 unspecified atom stereocenters. The predicted molar refractivity (Wildman–Crippen MR) is 92.7 cm³/mol. The van der Waals surface area contributed by atoms with Crippen molar-refractivity contribution in [1.82, 2.24) is 14.8 Å². The Morgan fingerprint density at radius 1 is 1.48 bits per heavy atom. The Balaban J connectivity index is 1.80. The predicted octanol–water partition coefficient (Wildman–Crippen LogP) is 2.32. The highest BCUT2D eigenvalue weighted by atomic mass is 32.2. The molecule has 1 fully saturated rings. The molecule has 3 rings (SSSR count). The Labute approximate surface area is 144 Å². The van der Waals surface area contributed by atoms with Crippen molar-refractivity contribution in [3.63, 3.8) is 0 Å². The quantitative estimate of drug-likeness (QED) is 0.694. The molecular formula is C14H19N3O3S3. The summed E-state index contributed by atoms with van der Waals surface area (Å²) in [5.41, 5.74) is 0. The van der Waals surface area contributed by atoms with Crippen molar-refractivity contribution < 1.29 is 13.2 Å². The van der Waals surface area contributed by atoms with E-state index >= 15 is 0 Å². The van der Waals surface area contributed by atoms with Crippen LogP contribution in [0.25, 0.3) is 10.7 Å². The fourth-order valence-corrected chi connectivity index (χ4v) is 5.28. The second-order valence-corrected chi connectivity index (χ2v) is 9.78. The van der Waals surface area contributed by atoms with Gasteiger partial charge in [0.2, 0.25) is 0 Å². The van der Waals surface area contributed by atoms with E-state index in [1.807, 2.05) is 17.5 Å². The van der Waals surface area contributed by atoms with Gasteiger partial charge in [0, 0.05) is 18.6 Å². The smallest absolute Gasteiger partial charge is 0.191 e. The van der Waals surface area contributed by atoms with E-state index in [1.54, 1.807) is 11.3 Å². The maximum atomic E-state index is 11.3. The molecule has 0 spiro atoms. The van der Waals surface area contributed by atoms with Gasteiger partial charge in [-0.15, -0.1) is 21.5 Å². The van der Waals surface area contributed by atoms with Crippen LogP contribution in [0.1, 0.15) is 12.8 Å². The molecule has 1 aliphatic rings. The van der Waals surface area contributed by atoms with E-state index in [-0.39, 0.29) is 11.9 Å². The number of ether oxygens (including phenoxy) is 1. The number of hydrogen-bond acceptors (Lipinski definition) is 7. The van der Waals surface area contributed by atoms with Gasteiger partial charge in [-0.3, -0.25) is 4.57 Å². The Kier molecular flexibility index (Phi) is 5.40. The lowest BCUT2D eigenvalue weighted by molar-refractivity contribution is 0.0953. The molecule has 0 aliphatic carbocycles. The van der Waals surface area contributed by atoms with E-state index in [1.165, 1.54) is 18.0 Å². The molecule has 0 aromatic carbocycles. The van der Waals surface area contributed by atoms with Crippen molar-refractivity contribution in [1.29, 1.82) is 0 Å². The van der Waals surface area contributed by atoms with Crippen LogP contribution >= 0.6 is 23.1 Å². The van der Waals surface area contributed by atoms with Crippen LogP contribution in [0, 0.1) is 0 Å². The number of rotatable bonds is 7. The van der Waals surface area contributed by atoms with Gasteiger partial charge >= 0.3 is 0 Å². The lowest BCUT2D eigenvalue weighted by Crippen LogP contribution is -2.17. The SMILES string of the molecule is CS(=O)(=O)CCSc1nnc(-c2cccs2)n1CC1CCCO1. The van der Waals surface area contributed by atoms with Gasteiger partial charge in [-0.25, -0.2) is 8.42 Å². The first-order valence-corrected chi connectivity index (χ1v) is 11.3. The van der Waals surface area contributed by atoms with Gasteiger partial charge in [-0.05, 0) is 24.3 Å². The fourth-order valence-electron chi connectivity index (χ4n) is 2.42. The molecule has 0 radical (unpaired) electrons. The number of thiophene rings is 1. The van der Waals surface area contributed by atoms with E-state index in [0.717, 1.165) is 35.3 Å². The molecule has 3 heterocycles. The number of aromatic nitrogens is 3. The summed E-state index contributed by atoms with van der Waals surface area (Å²) in [6.45, 7) is 1.51. The van der Waals surface area contributed by atoms with Gasteiger partial charge in [0.1, 0.15) is 9.84 Å². The van der Waals surface area contributed by atoms with Crippen molar-refractivity contribution in [3.8, 4) is 10.7 Å². The Hall–Kier alpha value is -0.900. The highest BCUT2D eigenvalue weighted by molar-refractivity contribution is 8.00. The third-order valence-electron chi connectivity index (χ3n) is 3.55. The second-order valence-electron chi connectivity index (χ2n) is 5.51. The first-order chi connectivity index (χ1) is 11.0. The summed E-state index contributed by atoms with van der Waals surface area (Å²) in [5, 5.41) is 11.3. The van der Waals surface area contributed by atoms with Gasteiger partial charge in [-0.1, -0.05) is 17.8 Å². The first kappa shape index (κ1) is 16.9. The van der Waals surface area contributed by atoms with Gasteiger partial charge < -0.3 is 4.74 Å². The summed E-state index contributed by atoms with van der Waals surface area (Å²) in [5.74, 6) is 1.45. The third-order valence-corrected chi connectivity index (χ3v) is 6.59. The highest BCUT2D eigenvalue weighted by Crippen LogP contribution is 2.29. The van der Waals surface area contributed by atoms with Gasteiger partial charge in [-0.2, -0.15) is 0 Å². The molecule has 1 aliphatic heterocycles. The van der Waals surface area contributed by atoms with Gasteiger partial charge in [0.25, 0.3) is 0 Å². The molecule has 2 aromatic rings. The standard InChI is InChI=1S/C14H19N3O3S3/c1-23(18,19)9-8-22-14-16-15-13(12-5-3-7-21-12)17(14)10-11-4-2-6-20-11/h3,5,7,11H,2,4,6,8-10H2,1H3. The van der Waals surface area contributed by atoms with Crippen LogP contribution in [0.3, 0.4) is 0 Å². The molecule has 9 heteroatoms. The molecule has 0 N–H and O–H groups in total. The van der Waals surface area contributed by atoms with E-state index < -0.39 is 9.84 Å². The van der Waals surface area contributed by atoms with E-state index in [2.05, 4.69) is 14.8 Å². The minimum Gasteiger partial charge on any atom is -0.376 e. The summed E-state index contributed by atoms with van der Waals surface area (Å²) < 4.78 is 30.4. The van der Waals surface area contributed by atoms with Crippen LogP contribution in [0.2, 0.25) is 0 Å². The monoisotopic (exact) mass is 373 g/mol. The molecule has 1 saturated heterocycles. The minimum atomic E-state index is -2.97. The van der Waals surface area contributed by atoms with Crippen LogP contribution in [0.4, 0.5) is 0 Å². The molecule has 0 saturated carbocycles. The fraction of sp³-hybridized carbons (Fsp3) is 0.571. The Bertz CT molecular complexity index is 735. The van der Waals surface area contributed by atoms with Crippen molar-refractivity contribution in [2.24, 2.45) is 0 Å². The number of hydrogen-bond donors (Lipinski definition) is 0. The zero-order chi connectivity index (χ0) is 16.3. The van der Waals surface area contributed by atoms with Crippen LogP contribution in [0.5, 0.6) is 0 Å². The molecule has 1 atom stereocenters. The second kappa shape index (κ2) is 7.33. The molecule has 2 aromatic heterocycles. The number of thioether (sulfide) groups is 1. The molecule has 6 nitrogen and oxygen atoms in total. The molecule has 0 amide bonds. The lowest BCUT2D eigenvalue weighted by atomic mass is 10.2. The first-order valence-electron chi connectivity index (χ1n) is 7.42. The zero-order valence-corrected chi connectivity index (χ0v) is 15.3. The van der Waals surface area contributed by atoms with Gasteiger partial charge in [0.15, 0.2) is 11.0 Å². The molecular weight excluding hydrogens is 354 g/mol. The van der Waals surface area contributed by atoms with E-state index in [9.17, 15) is 8.42 Å². The van der Waals surface area contributed by atoms with Crippen molar-refractivity contribution in [2.45, 2.75) is 30.6 Å². The normalized spacial score (nSPS) is 18.6. The van der Waals surface area contributed by atoms with Crippen LogP contribution in [0.15, 0.2) is 22.7 Å². The minimum absolute atomic E-state index is 0.138. The van der Waals surface area contributed by atoms with Crippen LogP contribution < -0.4 is 0 Å². The topological polar surface area (TPSA) is 74.1 Å². The third kappa shape index (κ3) is 4.56. The van der Waals surface area contributed by atoms with E-state index in [0.29, 0.717) is 12.3 Å². The average molecular weight is 374 g/mol.